The van der Waals surface area contributed by atoms with Crippen LogP contribution >= 0.6 is 0 Å². The summed E-state index contributed by atoms with van der Waals surface area (Å²) >= 11 is 0. The van der Waals surface area contributed by atoms with Gasteiger partial charge in [-0.2, -0.15) is 0 Å². The van der Waals surface area contributed by atoms with Crippen LogP contribution in [0.1, 0.15) is 25.3 Å². The van der Waals surface area contributed by atoms with Crippen molar-refractivity contribution in [2.75, 3.05) is 0 Å². The molecule has 1 N–H and O–H groups in total. The summed E-state index contributed by atoms with van der Waals surface area (Å²) in [6.07, 6.45) is 0.961. The third-order valence-corrected chi connectivity index (χ3v) is 3.06. The SMILES string of the molecule is CC(O)C1(c2ccc(F)cc2F)CC1. The molecule has 0 saturated heterocycles. The standard InChI is InChI=1S/C11H12F2O/c1-7(14)11(4-5-11)9-3-2-8(12)6-10(9)13/h2-3,6-7,14H,4-5H2,1H3. The van der Waals surface area contributed by atoms with E-state index in [4.69, 9.17) is 0 Å². The van der Waals surface area contributed by atoms with Crippen molar-refractivity contribution < 1.29 is 13.9 Å². The van der Waals surface area contributed by atoms with Crippen molar-refractivity contribution in [3.63, 3.8) is 0 Å². The van der Waals surface area contributed by atoms with E-state index in [2.05, 4.69) is 0 Å². The Morgan fingerprint density at radius 3 is 2.43 bits per heavy atom. The van der Waals surface area contributed by atoms with E-state index in [9.17, 15) is 13.9 Å². The second kappa shape index (κ2) is 3.02. The second-order valence-corrected chi connectivity index (χ2v) is 3.96. The molecule has 1 atom stereocenters. The van der Waals surface area contributed by atoms with Crippen LogP contribution in [-0.2, 0) is 5.41 Å². The van der Waals surface area contributed by atoms with E-state index in [1.165, 1.54) is 12.1 Å². The summed E-state index contributed by atoms with van der Waals surface area (Å²) in [5, 5.41) is 9.53. The Balaban J connectivity index is 2.42. The molecule has 0 spiro atoms. The average molecular weight is 198 g/mol. The van der Waals surface area contributed by atoms with Gasteiger partial charge in [0, 0.05) is 11.5 Å². The van der Waals surface area contributed by atoms with Gasteiger partial charge in [0.1, 0.15) is 11.6 Å². The molecule has 0 radical (unpaired) electrons. The Morgan fingerprint density at radius 2 is 2.00 bits per heavy atom. The van der Waals surface area contributed by atoms with Crippen LogP contribution < -0.4 is 0 Å². The maximum Gasteiger partial charge on any atom is 0.129 e. The summed E-state index contributed by atoms with van der Waals surface area (Å²) in [6.45, 7) is 1.65. The van der Waals surface area contributed by atoms with Gasteiger partial charge in [0.15, 0.2) is 0 Å². The molecule has 1 aromatic carbocycles. The Bertz CT molecular complexity index is 356. The summed E-state index contributed by atoms with van der Waals surface area (Å²) in [5.74, 6) is -1.13. The number of aliphatic hydroxyl groups is 1. The van der Waals surface area contributed by atoms with E-state index >= 15 is 0 Å². The molecule has 1 aliphatic rings. The molecule has 1 aliphatic carbocycles. The van der Waals surface area contributed by atoms with E-state index in [-0.39, 0.29) is 0 Å². The zero-order valence-electron chi connectivity index (χ0n) is 7.93. The van der Waals surface area contributed by atoms with Gasteiger partial charge in [-0.15, -0.1) is 0 Å². The number of aliphatic hydroxyl groups excluding tert-OH is 1. The van der Waals surface area contributed by atoms with Crippen molar-refractivity contribution in [3.8, 4) is 0 Å². The lowest BCUT2D eigenvalue weighted by molar-refractivity contribution is 0.148. The van der Waals surface area contributed by atoms with Crippen molar-refractivity contribution in [2.45, 2.75) is 31.3 Å². The first kappa shape index (κ1) is 9.59. The maximum atomic E-state index is 13.4. The predicted octanol–water partition coefficient (Wildman–Crippen LogP) is 2.38. The summed E-state index contributed by atoms with van der Waals surface area (Å²) in [4.78, 5) is 0. The lowest BCUT2D eigenvalue weighted by Gasteiger charge is -2.19. The van der Waals surface area contributed by atoms with Crippen molar-refractivity contribution in [2.24, 2.45) is 0 Å². The predicted molar refractivity (Wildman–Crippen MR) is 49.0 cm³/mol. The topological polar surface area (TPSA) is 20.2 Å². The Morgan fingerprint density at radius 1 is 1.36 bits per heavy atom. The molecule has 1 nitrogen and oxygen atoms in total. The summed E-state index contributed by atoms with van der Waals surface area (Å²) in [7, 11) is 0. The molecule has 76 valence electrons. The van der Waals surface area contributed by atoms with Crippen LogP contribution in [0.4, 0.5) is 8.78 Å². The maximum absolute atomic E-state index is 13.4. The number of hydrogen-bond donors (Lipinski definition) is 1. The first-order valence-corrected chi connectivity index (χ1v) is 4.70. The normalized spacial score (nSPS) is 20.6. The van der Waals surface area contributed by atoms with E-state index in [1.807, 2.05) is 0 Å². The molecule has 0 aliphatic heterocycles. The molecule has 1 fully saturated rings. The quantitative estimate of drug-likeness (QED) is 0.773. The minimum Gasteiger partial charge on any atom is -0.392 e. The second-order valence-electron chi connectivity index (χ2n) is 3.96. The number of rotatable bonds is 2. The fourth-order valence-electron chi connectivity index (χ4n) is 1.94. The first-order chi connectivity index (χ1) is 6.56. The smallest absolute Gasteiger partial charge is 0.129 e. The molecule has 2 rings (SSSR count). The Hall–Kier alpha value is -0.960. The van der Waals surface area contributed by atoms with Crippen molar-refractivity contribution in [1.29, 1.82) is 0 Å². The van der Waals surface area contributed by atoms with Gasteiger partial charge >= 0.3 is 0 Å². The van der Waals surface area contributed by atoms with Gasteiger partial charge in [0.2, 0.25) is 0 Å². The minimum absolute atomic E-state index is 0.439. The number of benzene rings is 1. The molecule has 0 amide bonds. The molecule has 1 unspecified atom stereocenters. The van der Waals surface area contributed by atoms with Gasteiger partial charge < -0.3 is 5.11 Å². The molecular formula is C11H12F2O. The highest BCUT2D eigenvalue weighted by Gasteiger charge is 2.49. The lowest BCUT2D eigenvalue weighted by atomic mass is 9.90. The van der Waals surface area contributed by atoms with Crippen LogP contribution in [0.3, 0.4) is 0 Å². The highest BCUT2D eigenvalue weighted by atomic mass is 19.1. The van der Waals surface area contributed by atoms with Crippen LogP contribution in [0.15, 0.2) is 18.2 Å². The molecule has 0 heterocycles. The zero-order valence-corrected chi connectivity index (χ0v) is 7.93. The van der Waals surface area contributed by atoms with Crippen LogP contribution in [-0.4, -0.2) is 11.2 Å². The molecular weight excluding hydrogens is 186 g/mol. The van der Waals surface area contributed by atoms with Gasteiger partial charge in [-0.3, -0.25) is 0 Å². The third-order valence-electron chi connectivity index (χ3n) is 3.06. The average Bonchev–Trinajstić information content (AvgIpc) is 2.84. The Kier molecular flexibility index (Phi) is 2.07. The minimum atomic E-state index is -0.581. The van der Waals surface area contributed by atoms with Crippen LogP contribution in [0.5, 0.6) is 0 Å². The number of hydrogen-bond acceptors (Lipinski definition) is 1. The number of halogens is 2. The van der Waals surface area contributed by atoms with Gasteiger partial charge in [0.25, 0.3) is 0 Å². The fourth-order valence-corrected chi connectivity index (χ4v) is 1.94. The van der Waals surface area contributed by atoms with E-state index in [0.717, 1.165) is 18.9 Å². The zero-order chi connectivity index (χ0) is 10.3. The largest absolute Gasteiger partial charge is 0.392 e. The van der Waals surface area contributed by atoms with Crippen LogP contribution in [0.25, 0.3) is 0 Å². The fraction of sp³-hybridized carbons (Fsp3) is 0.455. The molecule has 3 heteroatoms. The lowest BCUT2D eigenvalue weighted by Crippen LogP contribution is -2.23. The first-order valence-electron chi connectivity index (χ1n) is 4.70. The van der Waals surface area contributed by atoms with Crippen LogP contribution in [0.2, 0.25) is 0 Å². The highest BCUT2D eigenvalue weighted by molar-refractivity contribution is 5.34. The summed E-state index contributed by atoms with van der Waals surface area (Å²) in [5.41, 5.74) is -0.0217. The van der Waals surface area contributed by atoms with E-state index in [0.29, 0.717) is 5.56 Å². The molecule has 0 bridgehead atoms. The molecule has 14 heavy (non-hydrogen) atoms. The highest BCUT2D eigenvalue weighted by Crippen LogP contribution is 2.51. The van der Waals surface area contributed by atoms with Crippen molar-refractivity contribution in [1.82, 2.24) is 0 Å². The molecule has 1 saturated carbocycles. The van der Waals surface area contributed by atoms with Crippen molar-refractivity contribution in [3.05, 3.63) is 35.4 Å². The molecule has 0 aromatic heterocycles. The van der Waals surface area contributed by atoms with Gasteiger partial charge in [-0.25, -0.2) is 8.78 Å². The molecule has 1 aromatic rings. The van der Waals surface area contributed by atoms with Crippen LogP contribution in [0, 0.1) is 11.6 Å². The van der Waals surface area contributed by atoms with Gasteiger partial charge in [-0.1, -0.05) is 6.07 Å². The monoisotopic (exact) mass is 198 g/mol. The van der Waals surface area contributed by atoms with Gasteiger partial charge in [-0.05, 0) is 31.4 Å². The summed E-state index contributed by atoms with van der Waals surface area (Å²) < 4.78 is 26.0. The third kappa shape index (κ3) is 1.32. The van der Waals surface area contributed by atoms with Gasteiger partial charge in [0.05, 0.1) is 6.10 Å². The Labute approximate surface area is 81.4 Å². The van der Waals surface area contributed by atoms with E-state index < -0.39 is 23.2 Å². The summed E-state index contributed by atoms with van der Waals surface area (Å²) in [6, 6.07) is 3.54. The van der Waals surface area contributed by atoms with Crippen molar-refractivity contribution >= 4 is 0 Å². The van der Waals surface area contributed by atoms with E-state index in [1.54, 1.807) is 6.92 Å².